The van der Waals surface area contributed by atoms with Crippen LogP contribution in [0.1, 0.15) is 25.3 Å². The minimum absolute atomic E-state index is 0.240. The molecule has 22 heavy (non-hydrogen) atoms. The van der Waals surface area contributed by atoms with E-state index in [4.69, 9.17) is 4.74 Å². The van der Waals surface area contributed by atoms with Gasteiger partial charge in [-0.25, -0.2) is 4.79 Å². The maximum Gasteiger partial charge on any atom is 0.333 e. The fourth-order valence-electron chi connectivity index (χ4n) is 4.77. The maximum absolute atomic E-state index is 11.6. The molecule has 4 rings (SSSR count). The molecule has 0 aromatic heterocycles. The molecule has 2 bridgehead atoms. The van der Waals surface area contributed by atoms with Gasteiger partial charge < -0.3 is 4.74 Å². The molecule has 0 N–H and O–H groups in total. The van der Waals surface area contributed by atoms with E-state index in [9.17, 15) is 4.79 Å². The fourth-order valence-corrected chi connectivity index (χ4v) is 4.77. The number of nitrogens with zero attached hydrogens (tertiary/aromatic N) is 1. The van der Waals surface area contributed by atoms with Crippen LogP contribution in [0, 0.1) is 17.8 Å². The van der Waals surface area contributed by atoms with Gasteiger partial charge in [0, 0.05) is 24.2 Å². The largest absolute Gasteiger partial charge is 0.462 e. The average molecular weight is 297 g/mol. The highest BCUT2D eigenvalue weighted by molar-refractivity contribution is 5.86. The van der Waals surface area contributed by atoms with Gasteiger partial charge >= 0.3 is 5.97 Å². The number of ether oxygens (including phenoxy) is 1. The second-order valence-corrected chi connectivity index (χ2v) is 7.17. The van der Waals surface area contributed by atoms with Crippen LogP contribution in [0.4, 0.5) is 0 Å². The topological polar surface area (TPSA) is 29.3 Å². The van der Waals surface area contributed by atoms with Crippen LogP contribution < -0.4 is 0 Å². The summed E-state index contributed by atoms with van der Waals surface area (Å²) in [5, 5.41) is 0. The van der Waals surface area contributed by atoms with Crippen LogP contribution in [-0.2, 0) is 16.1 Å². The summed E-state index contributed by atoms with van der Waals surface area (Å²) in [6.45, 7) is 7.01. The van der Waals surface area contributed by atoms with Crippen LogP contribution in [-0.4, -0.2) is 29.6 Å². The van der Waals surface area contributed by atoms with E-state index in [1.165, 1.54) is 18.4 Å². The van der Waals surface area contributed by atoms with Crippen molar-refractivity contribution >= 4 is 5.97 Å². The number of hydrogen-bond acceptors (Lipinski definition) is 3. The molecule has 6 atom stereocenters. The van der Waals surface area contributed by atoms with Gasteiger partial charge in [-0.2, -0.15) is 0 Å². The zero-order valence-corrected chi connectivity index (χ0v) is 13.1. The lowest BCUT2D eigenvalue weighted by Crippen LogP contribution is -2.24. The van der Waals surface area contributed by atoms with Crippen LogP contribution in [0.5, 0.6) is 0 Å². The Labute approximate surface area is 132 Å². The number of fused-ring (bicyclic) bond motifs is 5. The summed E-state index contributed by atoms with van der Waals surface area (Å²) in [7, 11) is 0. The van der Waals surface area contributed by atoms with Crippen LogP contribution in [0.3, 0.4) is 0 Å². The van der Waals surface area contributed by atoms with E-state index in [-0.39, 0.29) is 5.97 Å². The predicted octanol–water partition coefficient (Wildman–Crippen LogP) is 3.01. The van der Waals surface area contributed by atoms with Crippen molar-refractivity contribution in [1.82, 2.24) is 4.90 Å². The molecule has 1 aromatic carbocycles. The van der Waals surface area contributed by atoms with Crippen molar-refractivity contribution < 1.29 is 9.53 Å². The number of carbonyl (C=O) groups excluding carboxylic acids is 1. The van der Waals surface area contributed by atoms with Crippen molar-refractivity contribution in [3.63, 3.8) is 0 Å². The summed E-state index contributed by atoms with van der Waals surface area (Å²) in [5.74, 6) is 1.84. The van der Waals surface area contributed by atoms with E-state index in [2.05, 4.69) is 41.8 Å². The van der Waals surface area contributed by atoms with E-state index in [1.54, 1.807) is 6.92 Å². The quantitative estimate of drug-likeness (QED) is 0.475. The Hall–Kier alpha value is -1.61. The first-order valence-corrected chi connectivity index (χ1v) is 8.27. The zero-order valence-electron chi connectivity index (χ0n) is 13.1. The molecule has 3 fully saturated rings. The Bertz CT molecular complexity index is 597. The highest BCUT2D eigenvalue weighted by atomic mass is 16.5. The van der Waals surface area contributed by atoms with Gasteiger partial charge in [-0.1, -0.05) is 36.9 Å². The summed E-state index contributed by atoms with van der Waals surface area (Å²) in [6, 6.07) is 12.2. The van der Waals surface area contributed by atoms with Gasteiger partial charge in [0.05, 0.1) is 6.61 Å². The minimum atomic E-state index is -0.240. The number of likely N-dealkylation sites (tertiary alicyclic amines) is 1. The molecule has 2 saturated carbocycles. The van der Waals surface area contributed by atoms with E-state index in [1.807, 2.05) is 0 Å². The van der Waals surface area contributed by atoms with E-state index < -0.39 is 0 Å². The van der Waals surface area contributed by atoms with E-state index in [0.29, 0.717) is 18.1 Å². The molecule has 3 nitrogen and oxygen atoms in total. The van der Waals surface area contributed by atoms with Crippen molar-refractivity contribution in [2.45, 2.75) is 38.4 Å². The lowest BCUT2D eigenvalue weighted by molar-refractivity contribution is -0.140. The average Bonchev–Trinajstić information content (AvgIpc) is 2.91. The maximum atomic E-state index is 11.6. The summed E-state index contributed by atoms with van der Waals surface area (Å²) < 4.78 is 5.40. The fraction of sp³-hybridized carbons (Fsp3) is 0.526. The van der Waals surface area contributed by atoms with Gasteiger partial charge in [-0.15, -0.1) is 0 Å². The molecule has 0 amide bonds. The molecule has 0 spiro atoms. The lowest BCUT2D eigenvalue weighted by atomic mass is 9.89. The highest BCUT2D eigenvalue weighted by Gasteiger charge is 2.66. The van der Waals surface area contributed by atoms with Gasteiger partial charge in [-0.05, 0) is 43.1 Å². The van der Waals surface area contributed by atoms with Crippen LogP contribution in [0.2, 0.25) is 0 Å². The molecule has 3 heteroatoms. The third-order valence-corrected chi connectivity index (χ3v) is 5.72. The normalized spacial score (nSPS) is 37.7. The molecular weight excluding hydrogens is 274 g/mol. The smallest absolute Gasteiger partial charge is 0.333 e. The Balaban J connectivity index is 1.35. The first kappa shape index (κ1) is 14.0. The molecule has 2 aliphatic carbocycles. The molecule has 116 valence electrons. The lowest BCUT2D eigenvalue weighted by Gasteiger charge is -2.20. The third kappa shape index (κ3) is 2.28. The highest BCUT2D eigenvalue weighted by Crippen LogP contribution is 2.61. The minimum Gasteiger partial charge on any atom is -0.462 e. The Morgan fingerprint density at radius 1 is 1.27 bits per heavy atom. The Morgan fingerprint density at radius 3 is 2.77 bits per heavy atom. The molecule has 1 aliphatic heterocycles. The summed E-state index contributed by atoms with van der Waals surface area (Å²) >= 11 is 0. The van der Waals surface area contributed by atoms with Gasteiger partial charge in [0.25, 0.3) is 0 Å². The van der Waals surface area contributed by atoms with Crippen molar-refractivity contribution in [2.24, 2.45) is 17.8 Å². The molecule has 1 heterocycles. The SMILES string of the molecule is C=C(C)C(=O)OCC1CC2CC1C1C2N1Cc1ccccc1. The Kier molecular flexibility index (Phi) is 3.33. The summed E-state index contributed by atoms with van der Waals surface area (Å²) in [4.78, 5) is 14.2. The van der Waals surface area contributed by atoms with Crippen LogP contribution in [0.25, 0.3) is 0 Å². The molecule has 1 saturated heterocycles. The van der Waals surface area contributed by atoms with Crippen LogP contribution in [0.15, 0.2) is 42.5 Å². The predicted molar refractivity (Wildman–Crippen MR) is 85.0 cm³/mol. The standard InChI is InChI=1S/C19H23NO2/c1-12(2)19(21)22-11-15-8-14-9-16(15)18-17(14)20(18)10-13-6-4-3-5-7-13/h3-7,14-18H,1,8-11H2,2H3. The van der Waals surface area contributed by atoms with Gasteiger partial charge in [0.15, 0.2) is 0 Å². The number of piperidine rings is 1. The molecule has 6 unspecified atom stereocenters. The van der Waals surface area contributed by atoms with E-state index >= 15 is 0 Å². The summed E-state index contributed by atoms with van der Waals surface area (Å²) in [6.07, 6.45) is 2.55. The van der Waals surface area contributed by atoms with Crippen molar-refractivity contribution in [3.8, 4) is 0 Å². The second-order valence-electron chi connectivity index (χ2n) is 7.17. The zero-order chi connectivity index (χ0) is 15.3. The van der Waals surface area contributed by atoms with Gasteiger partial charge in [0.2, 0.25) is 0 Å². The summed E-state index contributed by atoms with van der Waals surface area (Å²) in [5.41, 5.74) is 1.90. The van der Waals surface area contributed by atoms with Crippen molar-refractivity contribution in [3.05, 3.63) is 48.0 Å². The van der Waals surface area contributed by atoms with Crippen LogP contribution >= 0.6 is 0 Å². The van der Waals surface area contributed by atoms with Gasteiger partial charge in [-0.3, -0.25) is 4.90 Å². The third-order valence-electron chi connectivity index (χ3n) is 5.72. The number of esters is 1. The molecule has 3 aliphatic rings. The number of carbonyl (C=O) groups is 1. The number of rotatable bonds is 5. The number of hydrogen-bond donors (Lipinski definition) is 0. The molecule has 0 radical (unpaired) electrons. The second kappa shape index (κ2) is 5.24. The number of benzene rings is 1. The van der Waals surface area contributed by atoms with E-state index in [0.717, 1.165) is 30.5 Å². The van der Waals surface area contributed by atoms with Crippen molar-refractivity contribution in [2.75, 3.05) is 6.61 Å². The van der Waals surface area contributed by atoms with Crippen molar-refractivity contribution in [1.29, 1.82) is 0 Å². The Morgan fingerprint density at radius 2 is 2.05 bits per heavy atom. The first-order chi connectivity index (χ1) is 10.6. The first-order valence-electron chi connectivity index (χ1n) is 8.27. The van der Waals surface area contributed by atoms with Gasteiger partial charge in [0.1, 0.15) is 0 Å². The molecular formula is C19H23NO2. The monoisotopic (exact) mass is 297 g/mol. The molecule has 1 aromatic rings.